The van der Waals surface area contributed by atoms with E-state index in [0.29, 0.717) is 19.1 Å². The molecule has 3 heteroatoms. The molecule has 1 heterocycles. The van der Waals surface area contributed by atoms with Crippen molar-refractivity contribution in [3.8, 4) is 0 Å². The minimum absolute atomic E-state index is 0.0126. The molecule has 0 bridgehead atoms. The van der Waals surface area contributed by atoms with Crippen LogP contribution in [0.5, 0.6) is 0 Å². The van der Waals surface area contributed by atoms with Gasteiger partial charge >= 0.3 is 5.97 Å². The molecule has 1 aliphatic heterocycles. The van der Waals surface area contributed by atoms with E-state index in [0.717, 1.165) is 12.8 Å². The van der Waals surface area contributed by atoms with E-state index in [1.54, 1.807) is 0 Å². The normalized spacial score (nSPS) is 35.1. The number of rotatable bonds is 2. The van der Waals surface area contributed by atoms with E-state index in [2.05, 4.69) is 6.92 Å². The Hall–Kier alpha value is -0.570. The molecule has 68 valence electrons. The zero-order valence-electron chi connectivity index (χ0n) is 7.29. The Morgan fingerprint density at radius 1 is 1.42 bits per heavy atom. The lowest BCUT2D eigenvalue weighted by Crippen LogP contribution is -2.41. The van der Waals surface area contributed by atoms with Gasteiger partial charge in [0, 0.05) is 0 Å². The Kier molecular flexibility index (Phi) is 2.05. The van der Waals surface area contributed by atoms with Gasteiger partial charge in [-0.05, 0) is 18.8 Å². The van der Waals surface area contributed by atoms with Crippen LogP contribution < -0.4 is 0 Å². The van der Waals surface area contributed by atoms with E-state index in [-0.39, 0.29) is 18.0 Å². The Balaban J connectivity index is 1.70. The fourth-order valence-electron chi connectivity index (χ4n) is 1.64. The van der Waals surface area contributed by atoms with Gasteiger partial charge in [0.15, 0.2) is 0 Å². The quantitative estimate of drug-likeness (QED) is 0.579. The first-order valence-electron chi connectivity index (χ1n) is 4.54. The molecule has 0 amide bonds. The van der Waals surface area contributed by atoms with Crippen molar-refractivity contribution in [2.24, 2.45) is 11.8 Å². The summed E-state index contributed by atoms with van der Waals surface area (Å²) in [4.78, 5) is 11.3. The molecule has 2 rings (SSSR count). The summed E-state index contributed by atoms with van der Waals surface area (Å²) < 4.78 is 10.1. The molecule has 0 atom stereocenters. The number of carbonyl (C=O) groups excluding carboxylic acids is 1. The van der Waals surface area contributed by atoms with E-state index >= 15 is 0 Å². The van der Waals surface area contributed by atoms with E-state index in [1.165, 1.54) is 0 Å². The van der Waals surface area contributed by atoms with Gasteiger partial charge < -0.3 is 9.47 Å². The summed E-state index contributed by atoms with van der Waals surface area (Å²) in [6.45, 7) is 3.35. The largest absolute Gasteiger partial charge is 0.457 e. The average Bonchev–Trinajstić information content (AvgIpc) is 1.90. The number of esters is 1. The second-order valence-corrected chi connectivity index (χ2v) is 3.87. The first-order chi connectivity index (χ1) is 5.75. The van der Waals surface area contributed by atoms with Gasteiger partial charge in [0.1, 0.15) is 6.10 Å². The summed E-state index contributed by atoms with van der Waals surface area (Å²) in [6.07, 6.45) is 2.06. The summed E-state index contributed by atoms with van der Waals surface area (Å²) in [5.41, 5.74) is 0. The lowest BCUT2D eigenvalue weighted by molar-refractivity contribution is -0.180. The monoisotopic (exact) mass is 170 g/mol. The van der Waals surface area contributed by atoms with Gasteiger partial charge in [-0.2, -0.15) is 0 Å². The van der Waals surface area contributed by atoms with Crippen LogP contribution in [0.15, 0.2) is 0 Å². The number of hydrogen-bond acceptors (Lipinski definition) is 3. The van der Waals surface area contributed by atoms with Crippen LogP contribution in [0.25, 0.3) is 0 Å². The molecule has 0 radical (unpaired) electrons. The summed E-state index contributed by atoms with van der Waals surface area (Å²) in [5.74, 6) is 0.877. The summed E-state index contributed by atoms with van der Waals surface area (Å²) >= 11 is 0. The molecule has 0 spiro atoms. The summed E-state index contributed by atoms with van der Waals surface area (Å²) in [6, 6.07) is 0. The molecular formula is C9H14O3. The third kappa shape index (κ3) is 1.46. The van der Waals surface area contributed by atoms with Crippen LogP contribution in [0, 0.1) is 11.8 Å². The van der Waals surface area contributed by atoms with Gasteiger partial charge in [-0.3, -0.25) is 4.79 Å². The predicted molar refractivity (Wildman–Crippen MR) is 42.6 cm³/mol. The van der Waals surface area contributed by atoms with Crippen molar-refractivity contribution >= 4 is 5.97 Å². The van der Waals surface area contributed by atoms with Gasteiger partial charge in [0.25, 0.3) is 0 Å². The topological polar surface area (TPSA) is 35.5 Å². The lowest BCUT2D eigenvalue weighted by atomic mass is 9.76. The zero-order valence-corrected chi connectivity index (χ0v) is 7.29. The number of hydrogen-bond donors (Lipinski definition) is 0. The molecule has 0 aromatic heterocycles. The fraction of sp³-hybridized carbons (Fsp3) is 0.889. The molecular weight excluding hydrogens is 156 g/mol. The van der Waals surface area contributed by atoms with Crippen molar-refractivity contribution in [1.29, 1.82) is 0 Å². The van der Waals surface area contributed by atoms with Gasteiger partial charge in [0.2, 0.25) is 0 Å². The average molecular weight is 170 g/mol. The Bertz CT molecular complexity index is 180. The minimum atomic E-state index is -0.0126. The van der Waals surface area contributed by atoms with Gasteiger partial charge in [-0.1, -0.05) is 6.92 Å². The molecule has 3 nitrogen and oxygen atoms in total. The van der Waals surface area contributed by atoms with Crippen LogP contribution in [-0.4, -0.2) is 25.3 Å². The maximum Gasteiger partial charge on any atom is 0.309 e. The van der Waals surface area contributed by atoms with E-state index in [1.807, 2.05) is 0 Å². The highest BCUT2D eigenvalue weighted by Crippen LogP contribution is 2.34. The van der Waals surface area contributed by atoms with Crippen molar-refractivity contribution in [3.05, 3.63) is 0 Å². The highest BCUT2D eigenvalue weighted by Gasteiger charge is 2.35. The van der Waals surface area contributed by atoms with Gasteiger partial charge in [-0.15, -0.1) is 0 Å². The molecule has 0 aromatic rings. The fourth-order valence-corrected chi connectivity index (χ4v) is 1.64. The number of carbonyl (C=O) groups is 1. The maximum absolute atomic E-state index is 11.3. The molecule has 0 aromatic carbocycles. The second-order valence-electron chi connectivity index (χ2n) is 3.87. The molecule has 12 heavy (non-hydrogen) atoms. The van der Waals surface area contributed by atoms with Crippen LogP contribution >= 0.6 is 0 Å². The highest BCUT2D eigenvalue weighted by atomic mass is 16.6. The maximum atomic E-state index is 11.3. The Morgan fingerprint density at radius 3 is 2.50 bits per heavy atom. The van der Waals surface area contributed by atoms with Crippen molar-refractivity contribution in [3.63, 3.8) is 0 Å². The number of ether oxygens (including phenoxy) is 2. The molecule has 2 aliphatic rings. The third-order valence-electron chi connectivity index (χ3n) is 2.60. The molecule has 0 unspecified atom stereocenters. The van der Waals surface area contributed by atoms with E-state index in [9.17, 15) is 4.79 Å². The van der Waals surface area contributed by atoms with Crippen molar-refractivity contribution < 1.29 is 14.3 Å². The minimum Gasteiger partial charge on any atom is -0.457 e. The Morgan fingerprint density at radius 2 is 2.08 bits per heavy atom. The first kappa shape index (κ1) is 8.05. The standard InChI is InChI=1S/C9H14O3/c1-6-2-7(3-6)9(10)12-8-4-11-5-8/h6-8H,2-5H2,1H3. The van der Waals surface area contributed by atoms with Crippen LogP contribution in [0.1, 0.15) is 19.8 Å². The lowest BCUT2D eigenvalue weighted by Gasteiger charge is -2.33. The van der Waals surface area contributed by atoms with Gasteiger partial charge in [-0.25, -0.2) is 0 Å². The van der Waals surface area contributed by atoms with Gasteiger partial charge in [0.05, 0.1) is 19.1 Å². The summed E-state index contributed by atoms with van der Waals surface area (Å²) in [5, 5.41) is 0. The van der Waals surface area contributed by atoms with Crippen LogP contribution in [-0.2, 0) is 14.3 Å². The predicted octanol–water partition coefficient (Wildman–Crippen LogP) is 0.974. The third-order valence-corrected chi connectivity index (χ3v) is 2.60. The summed E-state index contributed by atoms with van der Waals surface area (Å²) in [7, 11) is 0. The van der Waals surface area contributed by atoms with E-state index in [4.69, 9.17) is 9.47 Å². The second kappa shape index (κ2) is 3.05. The van der Waals surface area contributed by atoms with Crippen LogP contribution in [0.2, 0.25) is 0 Å². The first-order valence-corrected chi connectivity index (χ1v) is 4.54. The zero-order chi connectivity index (χ0) is 8.55. The molecule has 0 N–H and O–H groups in total. The molecule has 1 aliphatic carbocycles. The molecule has 1 saturated heterocycles. The Labute approximate surface area is 72.0 Å². The molecule has 1 saturated carbocycles. The van der Waals surface area contributed by atoms with Crippen LogP contribution in [0.3, 0.4) is 0 Å². The van der Waals surface area contributed by atoms with Crippen molar-refractivity contribution in [2.75, 3.05) is 13.2 Å². The van der Waals surface area contributed by atoms with Crippen LogP contribution in [0.4, 0.5) is 0 Å². The highest BCUT2D eigenvalue weighted by molar-refractivity contribution is 5.73. The van der Waals surface area contributed by atoms with Crippen molar-refractivity contribution in [2.45, 2.75) is 25.9 Å². The van der Waals surface area contributed by atoms with Crippen molar-refractivity contribution in [1.82, 2.24) is 0 Å². The SMILES string of the molecule is CC1CC(C(=O)OC2COC2)C1. The smallest absolute Gasteiger partial charge is 0.309 e. The van der Waals surface area contributed by atoms with E-state index < -0.39 is 0 Å². The molecule has 2 fully saturated rings.